The van der Waals surface area contributed by atoms with Crippen LogP contribution in [0, 0.1) is 28.9 Å². The molecule has 0 aliphatic heterocycles. The van der Waals surface area contributed by atoms with Gasteiger partial charge in [-0.2, -0.15) is 15.5 Å². The number of fused-ring (bicyclic) bond motifs is 1. The zero-order valence-electron chi connectivity index (χ0n) is 18.6. The highest BCUT2D eigenvalue weighted by atomic mass is 19.1. The Balaban J connectivity index is 2.01. The van der Waals surface area contributed by atoms with E-state index in [-0.39, 0.29) is 42.0 Å². The largest absolute Gasteiger partial charge is 0.384 e. The molecule has 0 saturated heterocycles. The minimum atomic E-state index is -1.17. The van der Waals surface area contributed by atoms with E-state index in [0.717, 1.165) is 18.4 Å². The summed E-state index contributed by atoms with van der Waals surface area (Å²) >= 11 is 0. The van der Waals surface area contributed by atoms with Gasteiger partial charge in [0.2, 0.25) is 0 Å². The van der Waals surface area contributed by atoms with Crippen molar-refractivity contribution in [1.82, 2.24) is 15.1 Å². The third-order valence-electron chi connectivity index (χ3n) is 6.09. The van der Waals surface area contributed by atoms with Crippen molar-refractivity contribution in [2.24, 2.45) is 5.92 Å². The SMILES string of the molecule is CC(C)C1CCC(CN(CCC#N)C(=O)[C@H](C)O)c2nnc(-c3c(F)cccc3F)cc21. The zero-order valence-corrected chi connectivity index (χ0v) is 18.6. The van der Waals surface area contributed by atoms with Crippen LogP contribution in [-0.2, 0) is 4.79 Å². The van der Waals surface area contributed by atoms with Gasteiger partial charge in [0.25, 0.3) is 5.91 Å². The molecule has 0 bridgehead atoms. The van der Waals surface area contributed by atoms with Gasteiger partial charge in [-0.3, -0.25) is 4.79 Å². The molecule has 0 spiro atoms. The van der Waals surface area contributed by atoms with Gasteiger partial charge in [-0.25, -0.2) is 8.78 Å². The Kier molecular flexibility index (Phi) is 7.52. The van der Waals surface area contributed by atoms with E-state index < -0.39 is 23.6 Å². The van der Waals surface area contributed by atoms with Gasteiger partial charge in [-0.1, -0.05) is 19.9 Å². The summed E-state index contributed by atoms with van der Waals surface area (Å²) in [6.07, 6.45) is 0.574. The molecule has 0 saturated carbocycles. The molecular weight excluding hydrogens is 414 g/mol. The van der Waals surface area contributed by atoms with Crippen molar-refractivity contribution in [3.63, 3.8) is 0 Å². The lowest BCUT2D eigenvalue weighted by Gasteiger charge is -2.35. The topological polar surface area (TPSA) is 90.1 Å². The predicted molar refractivity (Wildman–Crippen MR) is 115 cm³/mol. The van der Waals surface area contributed by atoms with Gasteiger partial charge in [0.1, 0.15) is 17.7 Å². The van der Waals surface area contributed by atoms with Crippen molar-refractivity contribution in [2.75, 3.05) is 13.1 Å². The third kappa shape index (κ3) is 4.94. The lowest BCUT2D eigenvalue weighted by atomic mass is 9.74. The molecule has 1 heterocycles. The first-order valence-electron chi connectivity index (χ1n) is 10.9. The summed E-state index contributed by atoms with van der Waals surface area (Å²) in [4.78, 5) is 14.0. The van der Waals surface area contributed by atoms with E-state index in [9.17, 15) is 18.7 Å². The van der Waals surface area contributed by atoms with Crippen LogP contribution in [0.2, 0.25) is 0 Å². The molecule has 2 aromatic rings. The van der Waals surface area contributed by atoms with Gasteiger partial charge in [0, 0.05) is 19.0 Å². The summed E-state index contributed by atoms with van der Waals surface area (Å²) in [7, 11) is 0. The Bertz CT molecular complexity index is 999. The normalized spacial score (nSPS) is 18.7. The van der Waals surface area contributed by atoms with E-state index in [1.807, 2.05) is 6.07 Å². The van der Waals surface area contributed by atoms with Crippen molar-refractivity contribution < 1.29 is 18.7 Å². The number of nitriles is 1. The van der Waals surface area contributed by atoms with E-state index in [4.69, 9.17) is 5.26 Å². The molecule has 3 atom stereocenters. The summed E-state index contributed by atoms with van der Waals surface area (Å²) in [5, 5.41) is 27.2. The van der Waals surface area contributed by atoms with Crippen LogP contribution in [0.15, 0.2) is 24.3 Å². The summed E-state index contributed by atoms with van der Waals surface area (Å²) < 4.78 is 28.7. The summed E-state index contributed by atoms with van der Waals surface area (Å²) in [5.41, 5.74) is 1.53. The Labute approximate surface area is 186 Å². The number of carbonyl (C=O) groups is 1. The molecule has 1 aromatic carbocycles. The zero-order chi connectivity index (χ0) is 23.4. The van der Waals surface area contributed by atoms with Crippen LogP contribution in [0.4, 0.5) is 8.78 Å². The maximum atomic E-state index is 14.4. The van der Waals surface area contributed by atoms with Gasteiger partial charge in [0.15, 0.2) is 0 Å². The van der Waals surface area contributed by atoms with Gasteiger partial charge >= 0.3 is 0 Å². The number of halogens is 2. The second kappa shape index (κ2) is 10.1. The highest BCUT2D eigenvalue weighted by Crippen LogP contribution is 2.43. The van der Waals surface area contributed by atoms with Crippen LogP contribution in [0.1, 0.15) is 63.1 Å². The van der Waals surface area contributed by atoms with Crippen LogP contribution in [0.3, 0.4) is 0 Å². The van der Waals surface area contributed by atoms with Crippen molar-refractivity contribution in [3.05, 3.63) is 47.2 Å². The number of aliphatic hydroxyl groups is 1. The smallest absolute Gasteiger partial charge is 0.251 e. The number of aromatic nitrogens is 2. The molecule has 3 rings (SSSR count). The van der Waals surface area contributed by atoms with Crippen LogP contribution in [0.25, 0.3) is 11.3 Å². The molecule has 0 fully saturated rings. The number of hydrogen-bond acceptors (Lipinski definition) is 5. The minimum absolute atomic E-state index is 0.144. The second-order valence-electron chi connectivity index (χ2n) is 8.66. The first kappa shape index (κ1) is 23.7. The molecule has 1 aliphatic rings. The second-order valence-corrected chi connectivity index (χ2v) is 8.66. The fourth-order valence-electron chi connectivity index (χ4n) is 4.44. The lowest BCUT2D eigenvalue weighted by molar-refractivity contribution is -0.139. The van der Waals surface area contributed by atoms with Gasteiger partial charge in [-0.05, 0) is 55.4 Å². The Morgan fingerprint density at radius 3 is 2.53 bits per heavy atom. The number of carbonyl (C=O) groups excluding carboxylic acids is 1. The van der Waals surface area contributed by atoms with Gasteiger partial charge < -0.3 is 10.0 Å². The van der Waals surface area contributed by atoms with Crippen LogP contribution in [-0.4, -0.2) is 45.3 Å². The lowest BCUT2D eigenvalue weighted by Crippen LogP contribution is -2.41. The minimum Gasteiger partial charge on any atom is -0.384 e. The highest BCUT2D eigenvalue weighted by molar-refractivity contribution is 5.80. The van der Waals surface area contributed by atoms with Gasteiger partial charge in [0.05, 0.1) is 29.4 Å². The number of amides is 1. The maximum absolute atomic E-state index is 14.4. The molecule has 1 aromatic heterocycles. The van der Waals surface area contributed by atoms with Crippen LogP contribution < -0.4 is 0 Å². The Hall–Kier alpha value is -2.92. The van der Waals surface area contributed by atoms with Crippen LogP contribution in [0.5, 0.6) is 0 Å². The van der Waals surface area contributed by atoms with Crippen molar-refractivity contribution in [2.45, 2.75) is 58.0 Å². The quantitative estimate of drug-likeness (QED) is 0.695. The van der Waals surface area contributed by atoms with E-state index >= 15 is 0 Å². The average molecular weight is 443 g/mol. The number of hydrogen-bond donors (Lipinski definition) is 1. The number of benzene rings is 1. The van der Waals surface area contributed by atoms with Crippen molar-refractivity contribution in [1.29, 1.82) is 5.26 Å². The first-order chi connectivity index (χ1) is 15.2. The van der Waals surface area contributed by atoms with Crippen molar-refractivity contribution in [3.8, 4) is 17.3 Å². The molecule has 2 unspecified atom stereocenters. The van der Waals surface area contributed by atoms with E-state index in [2.05, 4.69) is 24.0 Å². The predicted octanol–water partition coefficient (Wildman–Crippen LogP) is 4.16. The van der Waals surface area contributed by atoms with Crippen molar-refractivity contribution >= 4 is 5.91 Å². The summed E-state index contributed by atoms with van der Waals surface area (Å²) in [6.45, 7) is 6.10. The number of rotatable bonds is 7. The molecule has 6 nitrogen and oxygen atoms in total. The molecule has 8 heteroatoms. The molecule has 0 radical (unpaired) electrons. The molecular formula is C24H28F2N4O2. The van der Waals surface area contributed by atoms with E-state index in [1.165, 1.54) is 30.0 Å². The number of nitrogens with zero attached hydrogens (tertiary/aromatic N) is 4. The fourth-order valence-corrected chi connectivity index (χ4v) is 4.44. The Morgan fingerprint density at radius 2 is 1.94 bits per heavy atom. The summed E-state index contributed by atoms with van der Waals surface area (Å²) in [6, 6.07) is 7.44. The number of aliphatic hydroxyl groups excluding tert-OH is 1. The molecule has 170 valence electrons. The van der Waals surface area contributed by atoms with E-state index in [1.54, 1.807) is 6.07 Å². The van der Waals surface area contributed by atoms with E-state index in [0.29, 0.717) is 12.2 Å². The molecule has 1 N–H and O–H groups in total. The third-order valence-corrected chi connectivity index (χ3v) is 6.09. The molecule has 32 heavy (non-hydrogen) atoms. The average Bonchev–Trinajstić information content (AvgIpc) is 2.75. The summed E-state index contributed by atoms with van der Waals surface area (Å²) in [5.74, 6) is -1.55. The molecule has 1 aliphatic carbocycles. The monoisotopic (exact) mass is 442 g/mol. The van der Waals surface area contributed by atoms with Gasteiger partial charge in [-0.15, -0.1) is 0 Å². The molecule has 1 amide bonds. The standard InChI is InChI=1S/C24H28F2N4O2/c1-14(2)17-9-8-16(13-30(11-5-10-27)24(32)15(3)31)23-18(17)12-21(28-29-23)22-19(25)6-4-7-20(22)26/h4,6-7,12,14-17,31H,5,8-9,11,13H2,1-3H3/t15-,16?,17?/m0/s1. The first-order valence-corrected chi connectivity index (χ1v) is 10.9. The van der Waals surface area contributed by atoms with Crippen LogP contribution >= 0.6 is 0 Å². The highest BCUT2D eigenvalue weighted by Gasteiger charge is 2.34. The fraction of sp³-hybridized carbons (Fsp3) is 0.500. The Morgan fingerprint density at radius 1 is 1.25 bits per heavy atom. The maximum Gasteiger partial charge on any atom is 0.251 e.